The maximum absolute atomic E-state index is 10.5. The van der Waals surface area contributed by atoms with Gasteiger partial charge in [-0.2, -0.15) is 17.2 Å². The maximum atomic E-state index is 10.5. The van der Waals surface area contributed by atoms with Crippen LogP contribution in [0.3, 0.4) is 0 Å². The van der Waals surface area contributed by atoms with Gasteiger partial charge in [-0.1, -0.05) is 24.3 Å². The highest BCUT2D eigenvalue weighted by atomic mass is 32.2. The minimum atomic E-state index is -0.468. The second kappa shape index (κ2) is 5.34. The molecule has 0 aliphatic carbocycles. The summed E-state index contributed by atoms with van der Waals surface area (Å²) in [4.78, 5) is 15.6. The van der Waals surface area contributed by atoms with E-state index in [2.05, 4.69) is 17.6 Å². The van der Waals surface area contributed by atoms with E-state index in [9.17, 15) is 4.79 Å². The lowest BCUT2D eigenvalue weighted by atomic mass is 10.0. The molecule has 1 aromatic rings. The van der Waals surface area contributed by atoms with E-state index in [0.29, 0.717) is 0 Å². The normalized spacial score (nSPS) is 19.1. The number of fused-ring (bicyclic) bond motifs is 1. The average Bonchev–Trinajstić information content (AvgIpc) is 2.29. The third kappa shape index (κ3) is 2.75. The van der Waals surface area contributed by atoms with E-state index in [0.717, 1.165) is 11.5 Å². The van der Waals surface area contributed by atoms with Crippen LogP contribution in [0.25, 0.3) is 0 Å². The van der Waals surface area contributed by atoms with E-state index in [1.807, 2.05) is 23.9 Å². The highest BCUT2D eigenvalue weighted by molar-refractivity contribution is 7.98. The molecule has 1 unspecified atom stereocenters. The number of rotatable bonds is 4. The lowest BCUT2D eigenvalue weighted by Gasteiger charge is -2.25. The summed E-state index contributed by atoms with van der Waals surface area (Å²) in [6, 6.07) is 8.38. The SMILES string of the molecule is NC(=O)CONC1CSCc2ccccc21. The van der Waals surface area contributed by atoms with Crippen LogP contribution in [0.5, 0.6) is 0 Å². The van der Waals surface area contributed by atoms with E-state index in [1.165, 1.54) is 11.1 Å². The van der Waals surface area contributed by atoms with Crippen molar-refractivity contribution in [3.63, 3.8) is 0 Å². The van der Waals surface area contributed by atoms with Gasteiger partial charge in [0.25, 0.3) is 0 Å². The van der Waals surface area contributed by atoms with Gasteiger partial charge in [-0.05, 0) is 11.1 Å². The maximum Gasteiger partial charge on any atom is 0.245 e. The minimum Gasteiger partial charge on any atom is -0.368 e. The van der Waals surface area contributed by atoms with Gasteiger partial charge in [-0.3, -0.25) is 9.63 Å². The monoisotopic (exact) mass is 238 g/mol. The van der Waals surface area contributed by atoms with E-state index < -0.39 is 5.91 Å². The van der Waals surface area contributed by atoms with Crippen molar-refractivity contribution in [1.29, 1.82) is 0 Å². The number of hydrogen-bond donors (Lipinski definition) is 2. The van der Waals surface area contributed by atoms with Gasteiger partial charge < -0.3 is 5.73 Å². The molecule has 0 spiro atoms. The Kier molecular flexibility index (Phi) is 3.82. The summed E-state index contributed by atoms with van der Waals surface area (Å²) >= 11 is 1.85. The van der Waals surface area contributed by atoms with E-state index in [-0.39, 0.29) is 12.6 Å². The molecule has 86 valence electrons. The van der Waals surface area contributed by atoms with Crippen LogP contribution in [-0.4, -0.2) is 18.3 Å². The van der Waals surface area contributed by atoms with Crippen LogP contribution in [0.15, 0.2) is 24.3 Å². The summed E-state index contributed by atoms with van der Waals surface area (Å²) in [6.45, 7) is -0.0939. The molecule has 16 heavy (non-hydrogen) atoms. The lowest BCUT2D eigenvalue weighted by molar-refractivity contribution is -0.125. The zero-order valence-corrected chi connectivity index (χ0v) is 9.63. The van der Waals surface area contributed by atoms with Crippen molar-refractivity contribution in [1.82, 2.24) is 5.48 Å². The molecule has 0 saturated carbocycles. The molecule has 1 aromatic carbocycles. The van der Waals surface area contributed by atoms with E-state index >= 15 is 0 Å². The van der Waals surface area contributed by atoms with Crippen molar-refractivity contribution in [2.45, 2.75) is 11.8 Å². The van der Waals surface area contributed by atoms with Crippen LogP contribution < -0.4 is 11.2 Å². The zero-order chi connectivity index (χ0) is 11.4. The number of carbonyl (C=O) groups is 1. The van der Waals surface area contributed by atoms with Crippen molar-refractivity contribution in [2.24, 2.45) is 5.73 Å². The fourth-order valence-electron chi connectivity index (χ4n) is 1.69. The highest BCUT2D eigenvalue weighted by Gasteiger charge is 2.19. The molecule has 1 atom stereocenters. The van der Waals surface area contributed by atoms with E-state index in [1.54, 1.807) is 0 Å². The number of hydroxylamine groups is 1. The molecule has 3 N–H and O–H groups in total. The number of hydrogen-bond acceptors (Lipinski definition) is 4. The van der Waals surface area contributed by atoms with Crippen molar-refractivity contribution < 1.29 is 9.63 Å². The van der Waals surface area contributed by atoms with Gasteiger partial charge in [0.05, 0.1) is 6.04 Å². The molecule has 1 heterocycles. The third-order valence-electron chi connectivity index (χ3n) is 2.41. The Labute approximate surface area is 98.5 Å². The van der Waals surface area contributed by atoms with Gasteiger partial charge in [-0.15, -0.1) is 0 Å². The third-order valence-corrected chi connectivity index (χ3v) is 3.50. The molecular weight excluding hydrogens is 224 g/mol. The highest BCUT2D eigenvalue weighted by Crippen LogP contribution is 2.31. The Morgan fingerprint density at radius 3 is 3.19 bits per heavy atom. The zero-order valence-electron chi connectivity index (χ0n) is 8.81. The first kappa shape index (κ1) is 11.4. The predicted molar refractivity (Wildman–Crippen MR) is 63.6 cm³/mol. The van der Waals surface area contributed by atoms with Crippen molar-refractivity contribution in [2.75, 3.05) is 12.4 Å². The number of benzene rings is 1. The average molecular weight is 238 g/mol. The second-order valence-electron chi connectivity index (χ2n) is 3.64. The molecule has 2 rings (SSSR count). The first-order valence-electron chi connectivity index (χ1n) is 5.08. The van der Waals surface area contributed by atoms with Crippen LogP contribution in [0.1, 0.15) is 17.2 Å². The Morgan fingerprint density at radius 1 is 1.56 bits per heavy atom. The molecule has 0 aromatic heterocycles. The lowest BCUT2D eigenvalue weighted by Crippen LogP contribution is -2.30. The number of thioether (sulfide) groups is 1. The number of amides is 1. The van der Waals surface area contributed by atoms with Crippen LogP contribution in [0.4, 0.5) is 0 Å². The molecule has 5 heteroatoms. The second-order valence-corrected chi connectivity index (χ2v) is 4.67. The number of nitrogens with one attached hydrogen (secondary N) is 1. The molecule has 0 fully saturated rings. The smallest absolute Gasteiger partial charge is 0.245 e. The predicted octanol–water partition coefficient (Wildman–Crippen LogP) is 0.981. The Balaban J connectivity index is 1.99. The Hall–Kier alpha value is -1.04. The van der Waals surface area contributed by atoms with Gasteiger partial charge in [0.1, 0.15) is 6.61 Å². The molecule has 1 aliphatic heterocycles. The summed E-state index contributed by atoms with van der Waals surface area (Å²) in [5, 5.41) is 0. The molecule has 1 aliphatic rings. The van der Waals surface area contributed by atoms with E-state index in [4.69, 9.17) is 10.6 Å². The quantitative estimate of drug-likeness (QED) is 0.768. The van der Waals surface area contributed by atoms with Gasteiger partial charge in [0, 0.05) is 11.5 Å². The first-order valence-corrected chi connectivity index (χ1v) is 6.24. The van der Waals surface area contributed by atoms with Crippen LogP contribution >= 0.6 is 11.8 Å². The Morgan fingerprint density at radius 2 is 2.38 bits per heavy atom. The largest absolute Gasteiger partial charge is 0.368 e. The number of primary amides is 1. The summed E-state index contributed by atoms with van der Waals surface area (Å²) < 4.78 is 0. The molecular formula is C11H14N2O2S. The van der Waals surface area contributed by atoms with Crippen LogP contribution in [-0.2, 0) is 15.4 Å². The van der Waals surface area contributed by atoms with Crippen LogP contribution in [0, 0.1) is 0 Å². The molecule has 4 nitrogen and oxygen atoms in total. The molecule has 0 bridgehead atoms. The molecule has 0 saturated heterocycles. The summed E-state index contributed by atoms with van der Waals surface area (Å²) in [7, 11) is 0. The standard InChI is InChI=1S/C11H14N2O2S/c12-11(14)5-15-13-10-7-16-6-8-3-1-2-4-9(8)10/h1-4,10,13H,5-7H2,(H2,12,14). The fourth-order valence-corrected chi connectivity index (χ4v) is 2.78. The van der Waals surface area contributed by atoms with Gasteiger partial charge in [0.2, 0.25) is 5.91 Å². The van der Waals surface area contributed by atoms with Gasteiger partial charge in [-0.25, -0.2) is 0 Å². The van der Waals surface area contributed by atoms with Crippen molar-refractivity contribution >= 4 is 17.7 Å². The number of nitrogens with two attached hydrogens (primary N) is 1. The molecule has 0 radical (unpaired) electrons. The first-order chi connectivity index (χ1) is 7.77. The fraction of sp³-hybridized carbons (Fsp3) is 0.364. The minimum absolute atomic E-state index is 0.0939. The summed E-state index contributed by atoms with van der Waals surface area (Å²) in [5.74, 6) is 1.50. The topological polar surface area (TPSA) is 64.4 Å². The van der Waals surface area contributed by atoms with Gasteiger partial charge in [0.15, 0.2) is 0 Å². The molecule has 1 amide bonds. The Bertz CT molecular complexity index is 384. The van der Waals surface area contributed by atoms with Gasteiger partial charge >= 0.3 is 0 Å². The van der Waals surface area contributed by atoms with Crippen LogP contribution in [0.2, 0.25) is 0 Å². The summed E-state index contributed by atoms with van der Waals surface area (Å²) in [5.41, 5.74) is 10.4. The number of carbonyl (C=O) groups excluding carboxylic acids is 1. The summed E-state index contributed by atoms with van der Waals surface area (Å²) in [6.07, 6.45) is 0. The van der Waals surface area contributed by atoms with Crippen molar-refractivity contribution in [3.8, 4) is 0 Å². The van der Waals surface area contributed by atoms with Crippen molar-refractivity contribution in [3.05, 3.63) is 35.4 Å².